The normalized spacial score (nSPS) is 16.7. The maximum absolute atomic E-state index is 11.0. The number of amides is 1. The fourth-order valence-electron chi connectivity index (χ4n) is 3.54. The van der Waals surface area contributed by atoms with Gasteiger partial charge in [0, 0.05) is 31.4 Å². The molecule has 0 spiro atoms. The van der Waals surface area contributed by atoms with Crippen LogP contribution in [-0.4, -0.2) is 59.4 Å². The molecule has 1 fully saturated rings. The lowest BCUT2D eigenvalue weighted by Gasteiger charge is -2.32. The van der Waals surface area contributed by atoms with E-state index in [1.807, 2.05) is 36.5 Å². The van der Waals surface area contributed by atoms with E-state index in [0.29, 0.717) is 18.1 Å². The fourth-order valence-corrected chi connectivity index (χ4v) is 3.54. The zero-order valence-corrected chi connectivity index (χ0v) is 17.3. The Balaban J connectivity index is 1.43. The third-order valence-electron chi connectivity index (χ3n) is 5.05. The molecule has 0 saturated carbocycles. The number of rotatable bonds is 8. The molecule has 162 valence electrons. The fraction of sp³-hybridized carbons (Fsp3) is 0.318. The van der Waals surface area contributed by atoms with Crippen LogP contribution in [0.25, 0.3) is 11.3 Å². The number of carbonyl (C=O) groups is 1. The molecule has 9 heteroatoms. The van der Waals surface area contributed by atoms with Crippen molar-refractivity contribution in [1.29, 1.82) is 0 Å². The first-order valence-corrected chi connectivity index (χ1v) is 10.0. The molecule has 0 bridgehead atoms. The number of primary amides is 1. The summed E-state index contributed by atoms with van der Waals surface area (Å²) < 4.78 is 16.8. The second kappa shape index (κ2) is 9.59. The van der Waals surface area contributed by atoms with Crippen LogP contribution in [0, 0.1) is 0 Å². The van der Waals surface area contributed by atoms with Crippen LogP contribution in [0.5, 0.6) is 11.5 Å². The standard InChI is InChI=1S/C22H25N5O4/c1-29-20-9-15(5-6-19(20)31-14-22(23)28)12-27-7-8-30-21(13-27)18-4-2-3-17(26-18)16-10-24-25-11-16/h2-6,9-11,21H,7-8,12-14H2,1H3,(H2,23,28)(H,24,25)/t21-/m0/s1. The van der Waals surface area contributed by atoms with Gasteiger partial charge in [-0.05, 0) is 29.8 Å². The number of aromatic nitrogens is 3. The van der Waals surface area contributed by atoms with Gasteiger partial charge in [-0.2, -0.15) is 5.10 Å². The molecule has 0 unspecified atom stereocenters. The van der Waals surface area contributed by atoms with Crippen LogP contribution in [0.2, 0.25) is 0 Å². The molecule has 3 heterocycles. The summed E-state index contributed by atoms with van der Waals surface area (Å²) in [5.74, 6) is 0.527. The van der Waals surface area contributed by atoms with Crippen molar-refractivity contribution in [3.05, 3.63) is 60.0 Å². The number of nitrogens with one attached hydrogen (secondary N) is 1. The van der Waals surface area contributed by atoms with Gasteiger partial charge in [0.15, 0.2) is 18.1 Å². The lowest BCUT2D eigenvalue weighted by atomic mass is 10.1. The molecule has 4 rings (SSSR count). The van der Waals surface area contributed by atoms with Gasteiger partial charge in [0.25, 0.3) is 5.91 Å². The number of hydrogen-bond acceptors (Lipinski definition) is 7. The molecule has 0 radical (unpaired) electrons. The lowest BCUT2D eigenvalue weighted by molar-refractivity contribution is -0.119. The lowest BCUT2D eigenvalue weighted by Crippen LogP contribution is -2.38. The van der Waals surface area contributed by atoms with E-state index in [4.69, 9.17) is 24.9 Å². The minimum Gasteiger partial charge on any atom is -0.493 e. The molecule has 3 N–H and O–H groups in total. The first kappa shape index (κ1) is 20.8. The SMILES string of the molecule is COc1cc(CN2CCO[C@H](c3cccc(-c4cn[nH]c4)n3)C2)ccc1OCC(N)=O. The Bertz CT molecular complexity index is 1020. The molecule has 1 amide bonds. The second-order valence-corrected chi connectivity index (χ2v) is 7.27. The van der Waals surface area contributed by atoms with E-state index in [2.05, 4.69) is 15.1 Å². The van der Waals surface area contributed by atoms with Crippen molar-refractivity contribution in [1.82, 2.24) is 20.1 Å². The van der Waals surface area contributed by atoms with Crippen molar-refractivity contribution in [2.24, 2.45) is 5.73 Å². The number of H-pyrrole nitrogens is 1. The van der Waals surface area contributed by atoms with Crippen molar-refractivity contribution in [2.75, 3.05) is 33.4 Å². The number of benzene rings is 1. The van der Waals surface area contributed by atoms with Crippen LogP contribution in [0.3, 0.4) is 0 Å². The molecule has 0 aliphatic carbocycles. The molecule has 1 aromatic carbocycles. The van der Waals surface area contributed by atoms with Crippen LogP contribution in [0.1, 0.15) is 17.4 Å². The highest BCUT2D eigenvalue weighted by Crippen LogP contribution is 2.30. The van der Waals surface area contributed by atoms with Gasteiger partial charge in [-0.25, -0.2) is 4.98 Å². The summed E-state index contributed by atoms with van der Waals surface area (Å²) in [6, 6.07) is 11.6. The number of pyridine rings is 1. The van der Waals surface area contributed by atoms with Gasteiger partial charge in [-0.15, -0.1) is 0 Å². The Morgan fingerprint density at radius 3 is 3.00 bits per heavy atom. The Morgan fingerprint density at radius 2 is 2.23 bits per heavy atom. The Hall–Kier alpha value is -3.43. The Labute approximate surface area is 180 Å². The zero-order chi connectivity index (χ0) is 21.6. The molecule has 2 aromatic heterocycles. The third-order valence-corrected chi connectivity index (χ3v) is 5.05. The van der Waals surface area contributed by atoms with Crippen molar-refractivity contribution in [3.63, 3.8) is 0 Å². The summed E-state index contributed by atoms with van der Waals surface area (Å²) in [7, 11) is 1.57. The minimum atomic E-state index is -0.532. The number of morpholine rings is 1. The number of nitrogens with two attached hydrogens (primary N) is 1. The van der Waals surface area contributed by atoms with Crippen molar-refractivity contribution >= 4 is 5.91 Å². The maximum atomic E-state index is 11.0. The number of carbonyl (C=O) groups excluding carboxylic acids is 1. The summed E-state index contributed by atoms with van der Waals surface area (Å²) in [5.41, 5.74) is 8.93. The zero-order valence-electron chi connectivity index (χ0n) is 17.3. The molecule has 9 nitrogen and oxygen atoms in total. The van der Waals surface area contributed by atoms with E-state index in [9.17, 15) is 4.79 Å². The van der Waals surface area contributed by atoms with Gasteiger partial charge in [0.05, 0.1) is 31.3 Å². The molecular weight excluding hydrogens is 398 g/mol. The van der Waals surface area contributed by atoms with E-state index in [1.54, 1.807) is 19.4 Å². The predicted octanol–water partition coefficient (Wildman–Crippen LogP) is 1.92. The van der Waals surface area contributed by atoms with Crippen LogP contribution in [0.4, 0.5) is 0 Å². The molecule has 1 aliphatic rings. The minimum absolute atomic E-state index is 0.110. The van der Waals surface area contributed by atoms with E-state index in [0.717, 1.165) is 42.1 Å². The number of aromatic amines is 1. The van der Waals surface area contributed by atoms with Gasteiger partial charge < -0.3 is 19.9 Å². The highest BCUT2D eigenvalue weighted by molar-refractivity contribution is 5.75. The predicted molar refractivity (Wildman–Crippen MR) is 113 cm³/mol. The summed E-state index contributed by atoms with van der Waals surface area (Å²) in [5, 5.41) is 6.81. The largest absolute Gasteiger partial charge is 0.493 e. The summed E-state index contributed by atoms with van der Waals surface area (Å²) in [6.07, 6.45) is 3.47. The van der Waals surface area contributed by atoms with E-state index in [-0.39, 0.29) is 12.7 Å². The molecular formula is C22H25N5O4. The third kappa shape index (κ3) is 5.19. The van der Waals surface area contributed by atoms with Crippen LogP contribution >= 0.6 is 0 Å². The summed E-state index contributed by atoms with van der Waals surface area (Å²) in [6.45, 7) is 2.71. The monoisotopic (exact) mass is 423 g/mol. The Morgan fingerprint density at radius 1 is 1.32 bits per heavy atom. The average molecular weight is 423 g/mol. The van der Waals surface area contributed by atoms with E-state index in [1.165, 1.54) is 0 Å². The average Bonchev–Trinajstić information content (AvgIpc) is 3.33. The quantitative estimate of drug-likeness (QED) is 0.569. The first-order valence-electron chi connectivity index (χ1n) is 10.0. The molecule has 1 saturated heterocycles. The number of hydrogen-bond donors (Lipinski definition) is 2. The smallest absolute Gasteiger partial charge is 0.255 e. The van der Waals surface area contributed by atoms with Crippen molar-refractivity contribution < 1.29 is 19.0 Å². The van der Waals surface area contributed by atoms with Gasteiger partial charge >= 0.3 is 0 Å². The number of methoxy groups -OCH3 is 1. The first-order chi connectivity index (χ1) is 15.1. The maximum Gasteiger partial charge on any atom is 0.255 e. The summed E-state index contributed by atoms with van der Waals surface area (Å²) >= 11 is 0. The second-order valence-electron chi connectivity index (χ2n) is 7.27. The number of ether oxygens (including phenoxy) is 3. The van der Waals surface area contributed by atoms with Crippen LogP contribution in [-0.2, 0) is 16.1 Å². The van der Waals surface area contributed by atoms with Gasteiger partial charge in [0.1, 0.15) is 6.10 Å². The highest BCUT2D eigenvalue weighted by Gasteiger charge is 2.24. The van der Waals surface area contributed by atoms with Crippen LogP contribution in [0.15, 0.2) is 48.8 Å². The van der Waals surface area contributed by atoms with Gasteiger partial charge in [-0.1, -0.05) is 12.1 Å². The molecule has 31 heavy (non-hydrogen) atoms. The van der Waals surface area contributed by atoms with Gasteiger partial charge in [-0.3, -0.25) is 14.8 Å². The highest BCUT2D eigenvalue weighted by atomic mass is 16.5. The van der Waals surface area contributed by atoms with Gasteiger partial charge in [0.2, 0.25) is 0 Å². The van der Waals surface area contributed by atoms with E-state index >= 15 is 0 Å². The molecule has 3 aromatic rings. The number of nitrogens with zero attached hydrogens (tertiary/aromatic N) is 3. The topological polar surface area (TPSA) is 116 Å². The summed E-state index contributed by atoms with van der Waals surface area (Å²) in [4.78, 5) is 18.1. The molecule has 1 aliphatic heterocycles. The van der Waals surface area contributed by atoms with E-state index < -0.39 is 5.91 Å². The molecule has 1 atom stereocenters. The van der Waals surface area contributed by atoms with Crippen molar-refractivity contribution in [3.8, 4) is 22.8 Å². The van der Waals surface area contributed by atoms with Crippen LogP contribution < -0.4 is 15.2 Å². The Kier molecular flexibility index (Phi) is 6.44. The van der Waals surface area contributed by atoms with Crippen molar-refractivity contribution in [2.45, 2.75) is 12.6 Å².